The van der Waals surface area contributed by atoms with Crippen LogP contribution in [0.25, 0.3) is 0 Å². The fourth-order valence-electron chi connectivity index (χ4n) is 1.74. The topological polar surface area (TPSA) is 93.1 Å². The van der Waals surface area contributed by atoms with Crippen LogP contribution < -0.4 is 13.8 Å². The number of sulfonamides is 1. The molecule has 0 amide bonds. The molecule has 0 fully saturated rings. The molecule has 112 valence electrons. The van der Waals surface area contributed by atoms with Gasteiger partial charge in [0.15, 0.2) is 0 Å². The molecule has 1 rings (SSSR count). The lowest BCUT2D eigenvalue weighted by Crippen LogP contribution is -2.43. The lowest BCUT2D eigenvalue weighted by atomic mass is 10.2. The Morgan fingerprint density at radius 3 is 2.30 bits per heavy atom. The van der Waals surface area contributed by atoms with Crippen LogP contribution in [0.3, 0.4) is 0 Å². The van der Waals surface area contributed by atoms with E-state index in [-0.39, 0.29) is 11.4 Å². The Bertz CT molecular complexity index is 598. The van der Waals surface area contributed by atoms with E-state index in [0.29, 0.717) is 5.75 Å². The number of ether oxygens (including phenoxy) is 2. The summed E-state index contributed by atoms with van der Waals surface area (Å²) in [4.78, 5) is 11.1. The second kappa shape index (κ2) is 6.00. The molecular formula is C12H17NO6S. The van der Waals surface area contributed by atoms with E-state index in [1.807, 2.05) is 0 Å². The zero-order chi connectivity index (χ0) is 15.5. The Hall–Kier alpha value is -1.96. The fourth-order valence-corrected chi connectivity index (χ4v) is 2.91. The molecule has 0 aliphatic rings. The smallest absolute Gasteiger partial charge is 0.327 e. The third-order valence-electron chi connectivity index (χ3n) is 2.69. The van der Waals surface area contributed by atoms with Gasteiger partial charge in [-0.3, -0.25) is 4.31 Å². The summed E-state index contributed by atoms with van der Waals surface area (Å²) in [6.07, 6.45) is 0.936. The molecule has 0 aliphatic carbocycles. The maximum Gasteiger partial charge on any atom is 0.327 e. The highest BCUT2D eigenvalue weighted by molar-refractivity contribution is 7.92. The van der Waals surface area contributed by atoms with Crippen molar-refractivity contribution in [2.75, 3.05) is 24.8 Å². The normalized spacial score (nSPS) is 12.6. The van der Waals surface area contributed by atoms with Crippen LogP contribution in [0.4, 0.5) is 5.69 Å². The number of benzene rings is 1. The van der Waals surface area contributed by atoms with Gasteiger partial charge >= 0.3 is 5.97 Å². The van der Waals surface area contributed by atoms with E-state index < -0.39 is 22.0 Å². The summed E-state index contributed by atoms with van der Waals surface area (Å²) in [5.41, 5.74) is 0.115. The van der Waals surface area contributed by atoms with Gasteiger partial charge in [-0.15, -0.1) is 0 Å². The van der Waals surface area contributed by atoms with Crippen molar-refractivity contribution in [2.24, 2.45) is 0 Å². The Labute approximate surface area is 117 Å². The lowest BCUT2D eigenvalue weighted by molar-refractivity contribution is -0.137. The first-order valence-corrected chi connectivity index (χ1v) is 7.51. The fraction of sp³-hybridized carbons (Fsp3) is 0.417. The highest BCUT2D eigenvalue weighted by Crippen LogP contribution is 2.35. The van der Waals surface area contributed by atoms with Crippen molar-refractivity contribution in [3.8, 4) is 11.5 Å². The first kappa shape index (κ1) is 16.1. The van der Waals surface area contributed by atoms with Gasteiger partial charge in [-0.2, -0.15) is 0 Å². The molecule has 0 aromatic heterocycles. The van der Waals surface area contributed by atoms with Gasteiger partial charge in [0.05, 0.1) is 26.2 Å². The van der Waals surface area contributed by atoms with Crippen molar-refractivity contribution in [3.05, 3.63) is 18.2 Å². The monoisotopic (exact) mass is 303 g/mol. The second-order valence-electron chi connectivity index (χ2n) is 4.11. The van der Waals surface area contributed by atoms with Crippen LogP contribution in [-0.4, -0.2) is 46.0 Å². The molecule has 1 N–H and O–H groups in total. The number of methoxy groups -OCH3 is 2. The number of hydrogen-bond donors (Lipinski definition) is 1. The highest BCUT2D eigenvalue weighted by atomic mass is 32.2. The van der Waals surface area contributed by atoms with Gasteiger partial charge in [0.1, 0.15) is 17.5 Å². The maximum atomic E-state index is 11.9. The summed E-state index contributed by atoms with van der Waals surface area (Å²) in [5, 5.41) is 9.09. The van der Waals surface area contributed by atoms with Crippen LogP contribution in [0.5, 0.6) is 11.5 Å². The van der Waals surface area contributed by atoms with Crippen LogP contribution in [0, 0.1) is 0 Å². The van der Waals surface area contributed by atoms with Crippen LogP contribution in [0.2, 0.25) is 0 Å². The molecule has 0 heterocycles. The Kier molecular flexibility index (Phi) is 4.83. The van der Waals surface area contributed by atoms with Gasteiger partial charge < -0.3 is 14.6 Å². The third-order valence-corrected chi connectivity index (χ3v) is 3.92. The van der Waals surface area contributed by atoms with E-state index in [1.165, 1.54) is 33.3 Å². The average Bonchev–Trinajstić information content (AvgIpc) is 2.36. The Balaban J connectivity index is 3.51. The van der Waals surface area contributed by atoms with Crippen molar-refractivity contribution in [3.63, 3.8) is 0 Å². The first-order valence-electron chi connectivity index (χ1n) is 5.66. The molecule has 1 unspecified atom stereocenters. The highest BCUT2D eigenvalue weighted by Gasteiger charge is 2.31. The first-order chi connectivity index (χ1) is 9.22. The minimum Gasteiger partial charge on any atom is -0.497 e. The SMILES string of the molecule is COc1ccc(OC)c(N(C(C)C(=O)O)S(C)(=O)=O)c1. The molecule has 0 saturated heterocycles. The number of carboxylic acid groups (broad SMARTS) is 1. The minimum atomic E-state index is -3.80. The molecular weight excluding hydrogens is 286 g/mol. The van der Waals surface area contributed by atoms with Gasteiger partial charge in [0.2, 0.25) is 10.0 Å². The molecule has 0 aliphatic heterocycles. The van der Waals surface area contributed by atoms with E-state index in [2.05, 4.69) is 0 Å². The van der Waals surface area contributed by atoms with Crippen molar-refractivity contribution in [2.45, 2.75) is 13.0 Å². The molecule has 1 atom stereocenters. The number of rotatable bonds is 6. The summed E-state index contributed by atoms with van der Waals surface area (Å²) in [6.45, 7) is 1.28. The number of anilines is 1. The number of nitrogens with zero attached hydrogens (tertiary/aromatic N) is 1. The minimum absolute atomic E-state index is 0.115. The van der Waals surface area contributed by atoms with Crippen molar-refractivity contribution < 1.29 is 27.8 Å². The molecule has 0 saturated carbocycles. The van der Waals surface area contributed by atoms with Crippen molar-refractivity contribution in [1.29, 1.82) is 0 Å². The third kappa shape index (κ3) is 3.32. The number of hydrogen-bond acceptors (Lipinski definition) is 5. The van der Waals surface area contributed by atoms with E-state index in [4.69, 9.17) is 14.6 Å². The predicted octanol–water partition coefficient (Wildman–Crippen LogP) is 0.943. The van der Waals surface area contributed by atoms with Crippen molar-refractivity contribution in [1.82, 2.24) is 0 Å². The summed E-state index contributed by atoms with van der Waals surface area (Å²) in [5.74, 6) is -0.628. The molecule has 8 heteroatoms. The molecule has 0 bridgehead atoms. The van der Waals surface area contributed by atoms with Gasteiger partial charge in [-0.1, -0.05) is 0 Å². The Morgan fingerprint density at radius 2 is 1.90 bits per heavy atom. The largest absolute Gasteiger partial charge is 0.497 e. The number of carbonyl (C=O) groups is 1. The van der Waals surface area contributed by atoms with Gasteiger partial charge in [-0.25, -0.2) is 13.2 Å². The number of aliphatic carboxylic acids is 1. The van der Waals surface area contributed by atoms with E-state index in [0.717, 1.165) is 10.6 Å². The van der Waals surface area contributed by atoms with Crippen molar-refractivity contribution >= 4 is 21.7 Å². The van der Waals surface area contributed by atoms with Crippen LogP contribution >= 0.6 is 0 Å². The van der Waals surface area contributed by atoms with Crippen LogP contribution in [-0.2, 0) is 14.8 Å². The number of carboxylic acids is 1. The maximum absolute atomic E-state index is 11.9. The molecule has 1 aromatic carbocycles. The van der Waals surface area contributed by atoms with Gasteiger partial charge in [0, 0.05) is 6.07 Å². The average molecular weight is 303 g/mol. The molecule has 0 spiro atoms. The standard InChI is InChI=1S/C12H17NO6S/c1-8(12(14)15)13(20(4,16)17)10-7-9(18-2)5-6-11(10)19-3/h5-8H,1-4H3,(H,14,15). The van der Waals surface area contributed by atoms with E-state index >= 15 is 0 Å². The molecule has 7 nitrogen and oxygen atoms in total. The Morgan fingerprint density at radius 1 is 1.30 bits per heavy atom. The summed E-state index contributed by atoms with van der Waals surface area (Å²) in [7, 11) is -1.00. The zero-order valence-electron chi connectivity index (χ0n) is 11.7. The molecule has 0 radical (unpaired) electrons. The zero-order valence-corrected chi connectivity index (χ0v) is 12.5. The predicted molar refractivity (Wildman–Crippen MR) is 74.0 cm³/mol. The second-order valence-corrected chi connectivity index (χ2v) is 5.97. The molecule has 1 aromatic rings. The van der Waals surface area contributed by atoms with Crippen LogP contribution in [0.1, 0.15) is 6.92 Å². The summed E-state index contributed by atoms with van der Waals surface area (Å²) >= 11 is 0. The summed E-state index contributed by atoms with van der Waals surface area (Å²) in [6, 6.07) is 3.25. The van der Waals surface area contributed by atoms with Gasteiger partial charge in [0.25, 0.3) is 0 Å². The van der Waals surface area contributed by atoms with E-state index in [9.17, 15) is 13.2 Å². The van der Waals surface area contributed by atoms with Crippen LogP contribution in [0.15, 0.2) is 18.2 Å². The quantitative estimate of drug-likeness (QED) is 0.840. The molecule has 20 heavy (non-hydrogen) atoms. The van der Waals surface area contributed by atoms with E-state index in [1.54, 1.807) is 6.07 Å². The summed E-state index contributed by atoms with van der Waals surface area (Å²) < 4.78 is 34.7. The van der Waals surface area contributed by atoms with Gasteiger partial charge in [-0.05, 0) is 19.1 Å². The lowest BCUT2D eigenvalue weighted by Gasteiger charge is -2.27.